The first-order valence-corrected chi connectivity index (χ1v) is 5.93. The zero-order valence-electron chi connectivity index (χ0n) is 8.71. The Morgan fingerprint density at radius 3 is 2.33 bits per heavy atom. The first-order chi connectivity index (χ1) is 5.59. The van der Waals surface area contributed by atoms with Crippen molar-refractivity contribution < 1.29 is 0 Å². The van der Waals surface area contributed by atoms with Crippen LogP contribution in [0.5, 0.6) is 0 Å². The van der Waals surface area contributed by atoms with Crippen LogP contribution in [-0.4, -0.2) is 34.5 Å². The van der Waals surface area contributed by atoms with Crippen LogP contribution < -0.4 is 0 Å². The van der Waals surface area contributed by atoms with Crippen LogP contribution in [-0.2, 0) is 0 Å². The average Bonchev–Trinajstić information content (AvgIpc) is 2.34. The lowest BCUT2D eigenvalue weighted by molar-refractivity contribution is 0.277. The fourth-order valence-corrected chi connectivity index (χ4v) is 3.01. The van der Waals surface area contributed by atoms with Gasteiger partial charge in [0, 0.05) is 17.8 Å². The van der Waals surface area contributed by atoms with Gasteiger partial charge in [0.15, 0.2) is 0 Å². The Kier molecular flexibility index (Phi) is 3.91. The second kappa shape index (κ2) is 4.52. The Morgan fingerprint density at radius 1 is 1.25 bits per heavy atom. The maximum atomic E-state index is 2.58. The molecule has 1 nitrogen and oxygen atoms in total. The molecular weight excluding hydrogens is 166 g/mol. The summed E-state index contributed by atoms with van der Waals surface area (Å²) in [5, 5.41) is 1.69. The van der Waals surface area contributed by atoms with E-state index in [1.165, 1.54) is 19.5 Å². The first-order valence-electron chi connectivity index (χ1n) is 4.99. The summed E-state index contributed by atoms with van der Waals surface area (Å²) in [6, 6.07) is 0.739. The Morgan fingerprint density at radius 2 is 1.92 bits per heavy atom. The molecule has 0 saturated carbocycles. The van der Waals surface area contributed by atoms with Crippen molar-refractivity contribution >= 4 is 11.8 Å². The second-order valence-corrected chi connectivity index (χ2v) is 6.07. The second-order valence-electron chi connectivity index (χ2n) is 4.18. The minimum Gasteiger partial charge on any atom is -0.300 e. The van der Waals surface area contributed by atoms with E-state index in [0.717, 1.165) is 16.5 Å². The highest BCUT2D eigenvalue weighted by molar-refractivity contribution is 8.00. The van der Waals surface area contributed by atoms with Crippen molar-refractivity contribution in [3.05, 3.63) is 0 Å². The lowest BCUT2D eigenvalue weighted by Crippen LogP contribution is -2.28. The molecule has 1 saturated heterocycles. The van der Waals surface area contributed by atoms with Crippen molar-refractivity contribution in [2.24, 2.45) is 0 Å². The van der Waals surface area contributed by atoms with Gasteiger partial charge in [-0.25, -0.2) is 0 Å². The fourth-order valence-electron chi connectivity index (χ4n) is 1.72. The zero-order chi connectivity index (χ0) is 9.14. The van der Waals surface area contributed by atoms with Crippen LogP contribution in [0.25, 0.3) is 0 Å². The molecule has 0 unspecified atom stereocenters. The molecule has 72 valence electrons. The van der Waals surface area contributed by atoms with E-state index < -0.39 is 0 Å². The number of thioether (sulfide) groups is 1. The molecule has 0 aliphatic carbocycles. The molecule has 1 rings (SSSR count). The Labute approximate surface area is 80.9 Å². The molecule has 0 aromatic carbocycles. The Balaban J connectivity index is 2.26. The van der Waals surface area contributed by atoms with Crippen molar-refractivity contribution in [3.8, 4) is 0 Å². The summed E-state index contributed by atoms with van der Waals surface area (Å²) in [6.07, 6.45) is 1.39. The van der Waals surface area contributed by atoms with Gasteiger partial charge in [-0.3, -0.25) is 4.90 Å². The molecule has 0 spiro atoms. The first kappa shape index (κ1) is 10.4. The highest BCUT2D eigenvalue weighted by Crippen LogP contribution is 2.26. The summed E-state index contributed by atoms with van der Waals surface area (Å²) >= 11 is 2.14. The molecule has 1 aliphatic heterocycles. The van der Waals surface area contributed by atoms with Gasteiger partial charge in [0.05, 0.1) is 0 Å². The molecule has 0 aromatic heterocycles. The molecule has 0 amide bonds. The van der Waals surface area contributed by atoms with Gasteiger partial charge < -0.3 is 0 Å². The van der Waals surface area contributed by atoms with Gasteiger partial charge in [-0.05, 0) is 32.1 Å². The van der Waals surface area contributed by atoms with E-state index in [0.29, 0.717) is 0 Å². The third-order valence-electron chi connectivity index (χ3n) is 2.37. The van der Waals surface area contributed by atoms with Crippen LogP contribution >= 0.6 is 11.8 Å². The third-order valence-corrected chi connectivity index (χ3v) is 3.69. The minimum absolute atomic E-state index is 0.739. The maximum Gasteiger partial charge on any atom is 0.0189 e. The van der Waals surface area contributed by atoms with E-state index in [-0.39, 0.29) is 0 Å². The van der Waals surface area contributed by atoms with Crippen molar-refractivity contribution in [2.75, 3.05) is 13.1 Å². The topological polar surface area (TPSA) is 3.24 Å². The maximum absolute atomic E-state index is 2.58. The summed E-state index contributed by atoms with van der Waals surface area (Å²) in [5.74, 6) is 0. The Bertz CT molecular complexity index is 134. The van der Waals surface area contributed by atoms with E-state index in [4.69, 9.17) is 0 Å². The molecule has 1 aliphatic rings. The molecule has 2 heteroatoms. The van der Waals surface area contributed by atoms with Crippen LogP contribution in [0.4, 0.5) is 0 Å². The van der Waals surface area contributed by atoms with Gasteiger partial charge in [-0.15, -0.1) is 0 Å². The highest BCUT2D eigenvalue weighted by atomic mass is 32.2. The monoisotopic (exact) mass is 187 g/mol. The molecule has 0 N–H and O–H groups in total. The molecule has 1 atom stereocenters. The molecule has 0 aromatic rings. The number of rotatable bonds is 3. The summed E-state index contributed by atoms with van der Waals surface area (Å²) in [6.45, 7) is 11.8. The van der Waals surface area contributed by atoms with Gasteiger partial charge >= 0.3 is 0 Å². The van der Waals surface area contributed by atoms with E-state index in [1.54, 1.807) is 0 Å². The van der Waals surface area contributed by atoms with Gasteiger partial charge in [0.1, 0.15) is 0 Å². The lowest BCUT2D eigenvalue weighted by atomic mass is 10.3. The van der Waals surface area contributed by atoms with Crippen LogP contribution in [0.1, 0.15) is 34.1 Å². The van der Waals surface area contributed by atoms with Crippen molar-refractivity contribution in [1.29, 1.82) is 0 Å². The smallest absolute Gasteiger partial charge is 0.0189 e. The van der Waals surface area contributed by atoms with Gasteiger partial charge in [0.25, 0.3) is 0 Å². The van der Waals surface area contributed by atoms with Crippen LogP contribution in [0.15, 0.2) is 0 Å². The largest absolute Gasteiger partial charge is 0.300 e. The van der Waals surface area contributed by atoms with Crippen molar-refractivity contribution in [2.45, 2.75) is 50.7 Å². The Hall–Kier alpha value is 0.310. The van der Waals surface area contributed by atoms with Crippen LogP contribution in [0, 0.1) is 0 Å². The van der Waals surface area contributed by atoms with E-state index >= 15 is 0 Å². The standard InChI is InChI=1S/C10H21NS/c1-8(2)11-6-5-10(7-11)12-9(3)4/h8-10H,5-7H2,1-4H3/t10-/m1/s1. The molecule has 1 heterocycles. The molecular formula is C10H21NS. The predicted octanol–water partition coefficient (Wildman–Crippen LogP) is 2.61. The van der Waals surface area contributed by atoms with Crippen molar-refractivity contribution in [1.82, 2.24) is 4.90 Å². The van der Waals surface area contributed by atoms with Gasteiger partial charge in [0.2, 0.25) is 0 Å². The van der Waals surface area contributed by atoms with Crippen molar-refractivity contribution in [3.63, 3.8) is 0 Å². The molecule has 12 heavy (non-hydrogen) atoms. The SMILES string of the molecule is CC(C)S[C@@H]1CCN(C(C)C)C1. The summed E-state index contributed by atoms with van der Waals surface area (Å²) in [4.78, 5) is 2.58. The zero-order valence-corrected chi connectivity index (χ0v) is 9.53. The predicted molar refractivity (Wildman–Crippen MR) is 57.8 cm³/mol. The minimum atomic E-state index is 0.739. The van der Waals surface area contributed by atoms with Gasteiger partial charge in [-0.2, -0.15) is 11.8 Å². The summed E-state index contributed by atoms with van der Waals surface area (Å²) in [7, 11) is 0. The van der Waals surface area contributed by atoms with Gasteiger partial charge in [-0.1, -0.05) is 13.8 Å². The fraction of sp³-hybridized carbons (Fsp3) is 1.00. The molecule has 0 bridgehead atoms. The number of hydrogen-bond donors (Lipinski definition) is 0. The molecule has 1 fully saturated rings. The van der Waals surface area contributed by atoms with E-state index in [9.17, 15) is 0 Å². The summed E-state index contributed by atoms with van der Waals surface area (Å²) < 4.78 is 0. The normalized spacial score (nSPS) is 26.0. The van der Waals surface area contributed by atoms with Crippen LogP contribution in [0.2, 0.25) is 0 Å². The number of likely N-dealkylation sites (tertiary alicyclic amines) is 1. The van der Waals surface area contributed by atoms with E-state index in [2.05, 4.69) is 44.4 Å². The quantitative estimate of drug-likeness (QED) is 0.668. The van der Waals surface area contributed by atoms with E-state index in [1.807, 2.05) is 0 Å². The van der Waals surface area contributed by atoms with Crippen LogP contribution in [0.3, 0.4) is 0 Å². The number of nitrogens with zero attached hydrogens (tertiary/aromatic N) is 1. The third kappa shape index (κ3) is 2.98. The lowest BCUT2D eigenvalue weighted by Gasteiger charge is -2.20. The highest BCUT2D eigenvalue weighted by Gasteiger charge is 2.24. The summed E-state index contributed by atoms with van der Waals surface area (Å²) in [5.41, 5.74) is 0. The average molecular weight is 187 g/mol. The molecule has 0 radical (unpaired) electrons. The number of hydrogen-bond acceptors (Lipinski definition) is 2.